The van der Waals surface area contributed by atoms with Crippen molar-refractivity contribution in [3.8, 4) is 0 Å². The van der Waals surface area contributed by atoms with E-state index in [4.69, 9.17) is 5.11 Å². The summed E-state index contributed by atoms with van der Waals surface area (Å²) in [6, 6.07) is 7.82. The maximum atomic E-state index is 13.0. The van der Waals surface area contributed by atoms with Gasteiger partial charge in [-0.1, -0.05) is 36.8 Å². The number of carbonyl (C=O) groups is 1. The van der Waals surface area contributed by atoms with Gasteiger partial charge in [0.25, 0.3) is 5.91 Å². The van der Waals surface area contributed by atoms with Gasteiger partial charge in [-0.25, -0.2) is 4.98 Å². The predicted octanol–water partition coefficient (Wildman–Crippen LogP) is 3.26. The number of para-hydroxylation sites is 1. The van der Waals surface area contributed by atoms with Crippen LogP contribution in [-0.2, 0) is 4.79 Å². The van der Waals surface area contributed by atoms with E-state index in [-0.39, 0.29) is 12.5 Å². The number of benzene rings is 1. The molecule has 0 bridgehead atoms. The molecule has 0 aliphatic carbocycles. The molecule has 7 heteroatoms. The Bertz CT molecular complexity index is 794. The molecule has 1 aliphatic heterocycles. The van der Waals surface area contributed by atoms with Crippen molar-refractivity contribution in [1.29, 1.82) is 0 Å². The van der Waals surface area contributed by atoms with Gasteiger partial charge in [-0.3, -0.25) is 9.79 Å². The molecule has 1 amide bonds. The summed E-state index contributed by atoms with van der Waals surface area (Å²) in [6.45, 7) is 4.56. The highest BCUT2D eigenvalue weighted by Crippen LogP contribution is 2.33. The summed E-state index contributed by atoms with van der Waals surface area (Å²) in [5.74, 6) is -0.501. The monoisotopic (exact) mass is 358 g/mol. The van der Waals surface area contributed by atoms with Crippen LogP contribution in [0, 0.1) is 5.92 Å². The van der Waals surface area contributed by atoms with Gasteiger partial charge in [-0.2, -0.15) is 10.1 Å². The molecule has 132 valence electrons. The van der Waals surface area contributed by atoms with Gasteiger partial charge in [0.1, 0.15) is 5.92 Å². The van der Waals surface area contributed by atoms with E-state index in [0.29, 0.717) is 18.1 Å². The second-order valence-electron chi connectivity index (χ2n) is 5.99. The highest BCUT2D eigenvalue weighted by molar-refractivity contribution is 7.22. The molecule has 1 atom stereocenters. The Morgan fingerprint density at radius 2 is 2.20 bits per heavy atom. The zero-order valence-electron chi connectivity index (χ0n) is 14.5. The summed E-state index contributed by atoms with van der Waals surface area (Å²) in [5, 5.41) is 15.5. The van der Waals surface area contributed by atoms with E-state index in [1.807, 2.05) is 31.2 Å². The lowest BCUT2D eigenvalue weighted by Crippen LogP contribution is -2.32. The molecule has 0 unspecified atom stereocenters. The number of aromatic nitrogens is 1. The molecule has 1 N–H and O–H groups in total. The number of anilines is 1. The molecule has 25 heavy (non-hydrogen) atoms. The minimum atomic E-state index is -0.411. The molecule has 1 aliphatic rings. The highest BCUT2D eigenvalue weighted by Gasteiger charge is 2.39. The van der Waals surface area contributed by atoms with Crippen molar-refractivity contribution in [2.24, 2.45) is 16.0 Å². The SMILES string of the molecule is CCCC1=NN(c2nc3ccccc3s2)C(=O)[C@H]1C(C)=NCCCO. The maximum Gasteiger partial charge on any atom is 0.264 e. The van der Waals surface area contributed by atoms with Crippen LogP contribution in [0.1, 0.15) is 33.1 Å². The summed E-state index contributed by atoms with van der Waals surface area (Å²) >= 11 is 1.47. The van der Waals surface area contributed by atoms with Gasteiger partial charge in [0, 0.05) is 18.9 Å². The summed E-state index contributed by atoms with van der Waals surface area (Å²) in [6.07, 6.45) is 2.27. The third kappa shape index (κ3) is 3.62. The molecule has 6 nitrogen and oxygen atoms in total. The van der Waals surface area contributed by atoms with Crippen LogP contribution >= 0.6 is 11.3 Å². The van der Waals surface area contributed by atoms with Crippen LogP contribution in [0.25, 0.3) is 10.2 Å². The molecule has 3 rings (SSSR count). The number of aliphatic imine (C=N–C) groups is 1. The smallest absolute Gasteiger partial charge is 0.264 e. The van der Waals surface area contributed by atoms with Crippen LogP contribution in [-0.4, -0.2) is 40.6 Å². The number of thiazole rings is 1. The lowest BCUT2D eigenvalue weighted by Gasteiger charge is -2.12. The fraction of sp³-hybridized carbons (Fsp3) is 0.444. The molecule has 2 aromatic rings. The molecule has 1 aromatic carbocycles. The van der Waals surface area contributed by atoms with Gasteiger partial charge in [0.15, 0.2) is 0 Å². The number of hydrazone groups is 1. The second kappa shape index (κ2) is 7.84. The van der Waals surface area contributed by atoms with E-state index in [1.165, 1.54) is 16.3 Å². The molecule has 2 heterocycles. The fourth-order valence-electron chi connectivity index (χ4n) is 2.88. The van der Waals surface area contributed by atoms with Crippen molar-refractivity contribution in [3.63, 3.8) is 0 Å². The van der Waals surface area contributed by atoms with Gasteiger partial charge in [-0.15, -0.1) is 0 Å². The number of aliphatic hydroxyl groups excluding tert-OH is 1. The van der Waals surface area contributed by atoms with Crippen LogP contribution in [0.3, 0.4) is 0 Å². The first-order valence-corrected chi connectivity index (χ1v) is 9.36. The number of fused-ring (bicyclic) bond motifs is 1. The first kappa shape index (κ1) is 17.7. The maximum absolute atomic E-state index is 13.0. The molecule has 0 saturated carbocycles. The first-order chi connectivity index (χ1) is 12.2. The van der Waals surface area contributed by atoms with E-state index in [0.717, 1.165) is 34.5 Å². The van der Waals surface area contributed by atoms with Crippen molar-refractivity contribution < 1.29 is 9.90 Å². The second-order valence-corrected chi connectivity index (χ2v) is 7.00. The van der Waals surface area contributed by atoms with Crippen LogP contribution in [0.2, 0.25) is 0 Å². The van der Waals surface area contributed by atoms with E-state index < -0.39 is 5.92 Å². The van der Waals surface area contributed by atoms with Crippen LogP contribution in [0.15, 0.2) is 34.4 Å². The Balaban J connectivity index is 1.91. The van der Waals surface area contributed by atoms with Gasteiger partial charge < -0.3 is 5.11 Å². The van der Waals surface area contributed by atoms with E-state index in [9.17, 15) is 4.79 Å². The average Bonchev–Trinajstić information content (AvgIpc) is 3.16. The number of nitrogens with zero attached hydrogens (tertiary/aromatic N) is 4. The van der Waals surface area contributed by atoms with Gasteiger partial charge in [-0.05, 0) is 31.9 Å². The minimum absolute atomic E-state index is 0.0900. The topological polar surface area (TPSA) is 78.2 Å². The molecule has 1 aromatic heterocycles. The Labute approximate surface area is 150 Å². The predicted molar refractivity (Wildman–Crippen MR) is 103 cm³/mol. The van der Waals surface area contributed by atoms with E-state index in [2.05, 4.69) is 22.0 Å². The van der Waals surface area contributed by atoms with Crippen molar-refractivity contribution in [2.75, 3.05) is 18.2 Å². The van der Waals surface area contributed by atoms with Crippen LogP contribution in [0.4, 0.5) is 5.13 Å². The molecular formula is C18H22N4O2S. The number of rotatable bonds is 7. The molecule has 0 radical (unpaired) electrons. The Hall–Kier alpha value is -2.12. The fourth-order valence-corrected chi connectivity index (χ4v) is 3.80. The summed E-state index contributed by atoms with van der Waals surface area (Å²) in [4.78, 5) is 22.0. The van der Waals surface area contributed by atoms with Crippen LogP contribution < -0.4 is 5.01 Å². The van der Waals surface area contributed by atoms with Crippen molar-refractivity contribution in [3.05, 3.63) is 24.3 Å². The summed E-state index contributed by atoms with van der Waals surface area (Å²) < 4.78 is 1.04. The lowest BCUT2D eigenvalue weighted by molar-refractivity contribution is -0.118. The Kier molecular flexibility index (Phi) is 5.55. The largest absolute Gasteiger partial charge is 0.396 e. The lowest BCUT2D eigenvalue weighted by atomic mass is 9.95. The van der Waals surface area contributed by atoms with Gasteiger partial charge in [0.2, 0.25) is 5.13 Å². The van der Waals surface area contributed by atoms with Crippen molar-refractivity contribution in [2.45, 2.75) is 33.1 Å². The first-order valence-electron chi connectivity index (χ1n) is 8.54. The molecule has 0 saturated heterocycles. The minimum Gasteiger partial charge on any atom is -0.396 e. The van der Waals surface area contributed by atoms with Crippen molar-refractivity contribution >= 4 is 44.0 Å². The zero-order chi connectivity index (χ0) is 17.8. The normalized spacial score (nSPS) is 18.3. The zero-order valence-corrected chi connectivity index (χ0v) is 15.3. The number of amides is 1. The number of hydrogen-bond donors (Lipinski definition) is 1. The number of aliphatic hydroxyl groups is 1. The Morgan fingerprint density at radius 1 is 1.40 bits per heavy atom. The molecular weight excluding hydrogens is 336 g/mol. The third-order valence-corrected chi connectivity index (χ3v) is 5.09. The van der Waals surface area contributed by atoms with E-state index >= 15 is 0 Å². The van der Waals surface area contributed by atoms with Crippen LogP contribution in [0.5, 0.6) is 0 Å². The standard InChI is InChI=1S/C18H22N4O2S/c1-3-7-14-16(12(2)19-10-6-11-23)17(24)22(21-14)18-20-13-8-4-5-9-15(13)25-18/h4-5,8-9,16,23H,3,6-7,10-11H2,1-2H3/t16-/m0/s1. The van der Waals surface area contributed by atoms with E-state index in [1.54, 1.807) is 0 Å². The molecule has 0 spiro atoms. The molecule has 0 fully saturated rings. The number of carbonyl (C=O) groups excluding carboxylic acids is 1. The quantitative estimate of drug-likeness (QED) is 0.609. The highest BCUT2D eigenvalue weighted by atomic mass is 32.1. The van der Waals surface area contributed by atoms with Gasteiger partial charge >= 0.3 is 0 Å². The summed E-state index contributed by atoms with van der Waals surface area (Å²) in [7, 11) is 0. The number of hydrogen-bond acceptors (Lipinski definition) is 6. The van der Waals surface area contributed by atoms with Gasteiger partial charge in [0.05, 0.1) is 15.9 Å². The average molecular weight is 358 g/mol. The Morgan fingerprint density at radius 3 is 2.92 bits per heavy atom. The summed E-state index contributed by atoms with van der Waals surface area (Å²) in [5.41, 5.74) is 2.48. The van der Waals surface area contributed by atoms with Crippen molar-refractivity contribution in [1.82, 2.24) is 4.98 Å². The third-order valence-electron chi connectivity index (χ3n) is 4.08.